The number of aromatic nitrogens is 2. The summed E-state index contributed by atoms with van der Waals surface area (Å²) in [5.41, 5.74) is 7.63. The topological polar surface area (TPSA) is 43.8 Å². The van der Waals surface area contributed by atoms with Crippen LogP contribution in [0.4, 0.5) is 5.69 Å². The summed E-state index contributed by atoms with van der Waals surface area (Å²) >= 11 is 7.69. The zero-order chi connectivity index (χ0) is 12.4. The Morgan fingerprint density at radius 1 is 1.41 bits per heavy atom. The molecule has 1 aromatic carbocycles. The summed E-state index contributed by atoms with van der Waals surface area (Å²) in [7, 11) is 0. The van der Waals surface area contributed by atoms with Crippen LogP contribution in [0.15, 0.2) is 34.2 Å². The largest absolute Gasteiger partial charge is 0.395 e. The number of aryl methyl sites for hydroxylation is 2. The molecule has 1 aromatic heterocycles. The molecule has 0 unspecified atom stereocenters. The molecule has 0 saturated carbocycles. The molecular weight excluding hydrogens is 254 g/mol. The number of nitrogens with two attached hydrogens (primary N) is 1. The molecule has 0 bridgehead atoms. The number of halogens is 1. The van der Waals surface area contributed by atoms with Crippen molar-refractivity contribution in [2.75, 3.05) is 5.73 Å². The molecule has 1 heterocycles. The molecule has 0 saturated heterocycles. The van der Waals surface area contributed by atoms with Gasteiger partial charge in [0, 0.05) is 11.4 Å². The van der Waals surface area contributed by atoms with E-state index in [0.29, 0.717) is 0 Å². The van der Waals surface area contributed by atoms with E-state index < -0.39 is 0 Å². The summed E-state index contributed by atoms with van der Waals surface area (Å²) in [6.45, 7) is 4.76. The quantitative estimate of drug-likeness (QED) is 0.924. The average Bonchev–Trinajstić information content (AvgIpc) is 2.59. The van der Waals surface area contributed by atoms with Crippen molar-refractivity contribution in [2.24, 2.45) is 0 Å². The van der Waals surface area contributed by atoms with Crippen molar-refractivity contribution < 1.29 is 0 Å². The minimum absolute atomic E-state index is 0.733. The second-order valence-corrected chi connectivity index (χ2v) is 5.09. The zero-order valence-corrected chi connectivity index (χ0v) is 11.3. The van der Waals surface area contributed by atoms with Crippen LogP contribution in [0.2, 0.25) is 5.02 Å². The summed E-state index contributed by atoms with van der Waals surface area (Å²) in [5, 5.41) is 6.07. The van der Waals surface area contributed by atoms with Gasteiger partial charge in [0.25, 0.3) is 0 Å². The molecule has 3 nitrogen and oxygen atoms in total. The van der Waals surface area contributed by atoms with E-state index in [2.05, 4.69) is 5.10 Å². The molecule has 0 aliphatic carbocycles. The van der Waals surface area contributed by atoms with Gasteiger partial charge in [-0.1, -0.05) is 35.5 Å². The predicted octanol–water partition coefficient (Wildman–Crippen LogP) is 3.60. The summed E-state index contributed by atoms with van der Waals surface area (Å²) in [6, 6.07) is 7.73. The molecule has 0 aliphatic heterocycles. The Balaban J connectivity index is 2.39. The number of hydrogen-bond donors (Lipinski definition) is 1. The molecule has 2 N–H and O–H groups in total. The summed E-state index contributed by atoms with van der Waals surface area (Å²) < 4.78 is 1.90. The van der Waals surface area contributed by atoms with Crippen LogP contribution in [-0.2, 0) is 6.54 Å². The van der Waals surface area contributed by atoms with E-state index in [4.69, 9.17) is 17.3 Å². The SMILES string of the molecule is CCn1nc(C)c(N)c1Sc1ccccc1Cl. The number of rotatable bonds is 3. The highest BCUT2D eigenvalue weighted by molar-refractivity contribution is 7.99. The molecule has 5 heteroatoms. The predicted molar refractivity (Wildman–Crippen MR) is 72.6 cm³/mol. The van der Waals surface area contributed by atoms with Crippen LogP contribution in [0.3, 0.4) is 0 Å². The summed E-state index contributed by atoms with van der Waals surface area (Å²) in [5.74, 6) is 0. The smallest absolute Gasteiger partial charge is 0.122 e. The van der Waals surface area contributed by atoms with Gasteiger partial charge in [0.1, 0.15) is 5.03 Å². The van der Waals surface area contributed by atoms with Crippen molar-refractivity contribution in [1.29, 1.82) is 0 Å². The number of anilines is 1. The number of benzene rings is 1. The lowest BCUT2D eigenvalue weighted by molar-refractivity contribution is 0.602. The van der Waals surface area contributed by atoms with Gasteiger partial charge in [0.2, 0.25) is 0 Å². The van der Waals surface area contributed by atoms with E-state index in [1.165, 1.54) is 0 Å². The van der Waals surface area contributed by atoms with Gasteiger partial charge in [-0.25, -0.2) is 0 Å². The van der Waals surface area contributed by atoms with Gasteiger partial charge in [-0.05, 0) is 26.0 Å². The fraction of sp³-hybridized carbons (Fsp3) is 0.250. The molecular formula is C12H14ClN3S. The minimum atomic E-state index is 0.733. The molecule has 2 rings (SSSR count). The first kappa shape index (κ1) is 12.3. The van der Waals surface area contributed by atoms with Crippen molar-refractivity contribution in [1.82, 2.24) is 9.78 Å². The van der Waals surface area contributed by atoms with Gasteiger partial charge >= 0.3 is 0 Å². The average molecular weight is 268 g/mol. The first-order valence-corrected chi connectivity index (χ1v) is 6.58. The third kappa shape index (κ3) is 2.42. The van der Waals surface area contributed by atoms with E-state index >= 15 is 0 Å². The minimum Gasteiger partial charge on any atom is -0.395 e. The van der Waals surface area contributed by atoms with Gasteiger partial charge in [0.15, 0.2) is 0 Å². The van der Waals surface area contributed by atoms with Crippen LogP contribution in [-0.4, -0.2) is 9.78 Å². The lowest BCUT2D eigenvalue weighted by Gasteiger charge is -2.06. The molecule has 0 atom stereocenters. The number of hydrogen-bond acceptors (Lipinski definition) is 3. The lowest BCUT2D eigenvalue weighted by Crippen LogP contribution is -1.99. The Kier molecular flexibility index (Phi) is 3.64. The van der Waals surface area contributed by atoms with Crippen LogP contribution in [0.1, 0.15) is 12.6 Å². The molecule has 0 radical (unpaired) electrons. The molecule has 0 amide bonds. The van der Waals surface area contributed by atoms with Gasteiger partial charge < -0.3 is 5.73 Å². The number of nitrogen functional groups attached to an aromatic ring is 1. The van der Waals surface area contributed by atoms with Gasteiger partial charge in [0.05, 0.1) is 16.4 Å². The monoisotopic (exact) mass is 267 g/mol. The third-order valence-electron chi connectivity index (χ3n) is 2.47. The summed E-state index contributed by atoms with van der Waals surface area (Å²) in [4.78, 5) is 0.996. The normalized spacial score (nSPS) is 10.8. The van der Waals surface area contributed by atoms with E-state index in [1.807, 2.05) is 42.8 Å². The standard InChI is InChI=1S/C12H14ClN3S/c1-3-16-12(11(14)8(2)15-16)17-10-7-5-4-6-9(10)13/h4-7H,3,14H2,1-2H3. The Hall–Kier alpha value is -1.13. The highest BCUT2D eigenvalue weighted by Gasteiger charge is 2.13. The van der Waals surface area contributed by atoms with Crippen LogP contribution in [0.25, 0.3) is 0 Å². The lowest BCUT2D eigenvalue weighted by atomic mass is 10.4. The molecule has 0 spiro atoms. The highest BCUT2D eigenvalue weighted by atomic mass is 35.5. The maximum atomic E-state index is 6.14. The molecule has 2 aromatic rings. The Labute approximate surface area is 110 Å². The van der Waals surface area contributed by atoms with E-state index in [0.717, 1.165) is 32.9 Å². The van der Waals surface area contributed by atoms with Crippen molar-refractivity contribution in [3.8, 4) is 0 Å². The second kappa shape index (κ2) is 5.02. The maximum absolute atomic E-state index is 6.14. The third-order valence-corrected chi connectivity index (χ3v) is 4.11. The second-order valence-electron chi connectivity index (χ2n) is 3.65. The van der Waals surface area contributed by atoms with Crippen molar-refractivity contribution >= 4 is 29.1 Å². The summed E-state index contributed by atoms with van der Waals surface area (Å²) in [6.07, 6.45) is 0. The van der Waals surface area contributed by atoms with Gasteiger partial charge in [-0.15, -0.1) is 0 Å². The fourth-order valence-electron chi connectivity index (χ4n) is 1.53. The first-order chi connectivity index (χ1) is 8.13. The van der Waals surface area contributed by atoms with Crippen LogP contribution < -0.4 is 5.73 Å². The van der Waals surface area contributed by atoms with Crippen molar-refractivity contribution in [2.45, 2.75) is 30.3 Å². The van der Waals surface area contributed by atoms with E-state index in [9.17, 15) is 0 Å². The Bertz CT molecular complexity index is 537. The van der Waals surface area contributed by atoms with Gasteiger partial charge in [-0.3, -0.25) is 4.68 Å². The fourth-order valence-corrected chi connectivity index (χ4v) is 2.83. The van der Waals surface area contributed by atoms with E-state index in [-0.39, 0.29) is 0 Å². The highest BCUT2D eigenvalue weighted by Crippen LogP contribution is 2.37. The number of nitrogens with zero attached hydrogens (tertiary/aromatic N) is 2. The van der Waals surface area contributed by atoms with Crippen LogP contribution >= 0.6 is 23.4 Å². The molecule has 90 valence electrons. The first-order valence-electron chi connectivity index (χ1n) is 5.38. The van der Waals surface area contributed by atoms with E-state index in [1.54, 1.807) is 11.8 Å². The maximum Gasteiger partial charge on any atom is 0.122 e. The Morgan fingerprint density at radius 3 is 2.76 bits per heavy atom. The Morgan fingerprint density at radius 2 is 2.12 bits per heavy atom. The molecule has 17 heavy (non-hydrogen) atoms. The van der Waals surface area contributed by atoms with Crippen molar-refractivity contribution in [3.63, 3.8) is 0 Å². The van der Waals surface area contributed by atoms with Gasteiger partial charge in [-0.2, -0.15) is 5.10 Å². The zero-order valence-electron chi connectivity index (χ0n) is 9.77. The van der Waals surface area contributed by atoms with Crippen LogP contribution in [0.5, 0.6) is 0 Å². The molecule has 0 fully saturated rings. The van der Waals surface area contributed by atoms with Crippen LogP contribution in [0, 0.1) is 6.92 Å². The molecule has 0 aliphatic rings. The van der Waals surface area contributed by atoms with Crippen molar-refractivity contribution in [3.05, 3.63) is 35.0 Å².